The monoisotopic (exact) mass is 243 g/mol. The highest BCUT2D eigenvalue weighted by molar-refractivity contribution is 4.73. The van der Waals surface area contributed by atoms with Crippen molar-refractivity contribution in [3.8, 4) is 0 Å². The predicted molar refractivity (Wildman–Crippen MR) is 71.2 cm³/mol. The second-order valence-corrected chi connectivity index (χ2v) is 6.22. The van der Waals surface area contributed by atoms with E-state index < -0.39 is 5.60 Å². The molecule has 17 heavy (non-hydrogen) atoms. The van der Waals surface area contributed by atoms with Crippen LogP contribution in [0.4, 0.5) is 0 Å². The minimum atomic E-state index is -0.618. The number of likely N-dealkylation sites (N-methyl/N-ethyl adjacent to an activating group) is 1. The Morgan fingerprint density at radius 2 is 1.94 bits per heavy atom. The summed E-state index contributed by atoms with van der Waals surface area (Å²) >= 11 is 0. The first kappa shape index (κ1) is 14.9. The van der Waals surface area contributed by atoms with Crippen LogP contribution in [-0.4, -0.2) is 48.5 Å². The van der Waals surface area contributed by atoms with Gasteiger partial charge in [0.2, 0.25) is 0 Å². The lowest BCUT2D eigenvalue weighted by atomic mass is 9.88. The summed E-state index contributed by atoms with van der Waals surface area (Å²) in [6.45, 7) is 8.34. The van der Waals surface area contributed by atoms with Gasteiger partial charge < -0.3 is 14.7 Å². The molecule has 2 atom stereocenters. The van der Waals surface area contributed by atoms with E-state index in [0.29, 0.717) is 18.6 Å². The third-order valence-electron chi connectivity index (χ3n) is 3.49. The zero-order chi connectivity index (χ0) is 12.9. The number of hydrogen-bond acceptors (Lipinski definition) is 3. The molecule has 0 aromatic heterocycles. The van der Waals surface area contributed by atoms with Crippen molar-refractivity contribution in [1.29, 1.82) is 0 Å². The molecule has 1 fully saturated rings. The molecule has 102 valence electrons. The average Bonchev–Trinajstić information content (AvgIpc) is 2.18. The lowest BCUT2D eigenvalue weighted by molar-refractivity contribution is -0.0204. The van der Waals surface area contributed by atoms with Gasteiger partial charge in [-0.3, -0.25) is 0 Å². The van der Waals surface area contributed by atoms with E-state index in [-0.39, 0.29) is 0 Å². The van der Waals surface area contributed by atoms with Crippen LogP contribution in [0.5, 0.6) is 0 Å². The van der Waals surface area contributed by atoms with Gasteiger partial charge in [-0.1, -0.05) is 19.8 Å². The standard InChI is InChI=1S/C14H29NO2/c1-12-7-5-6-8-13(12)17-10-9-15(4)11-14(2,3)16/h12-13,16H,5-11H2,1-4H3. The average molecular weight is 243 g/mol. The Morgan fingerprint density at radius 3 is 2.53 bits per heavy atom. The lowest BCUT2D eigenvalue weighted by Crippen LogP contribution is -2.38. The van der Waals surface area contributed by atoms with Gasteiger partial charge in [0.05, 0.1) is 18.3 Å². The summed E-state index contributed by atoms with van der Waals surface area (Å²) in [6.07, 6.45) is 5.66. The van der Waals surface area contributed by atoms with Crippen LogP contribution in [0.25, 0.3) is 0 Å². The maximum absolute atomic E-state index is 9.70. The summed E-state index contributed by atoms with van der Waals surface area (Å²) in [5, 5.41) is 9.70. The molecule has 3 heteroatoms. The van der Waals surface area contributed by atoms with E-state index in [0.717, 1.165) is 13.2 Å². The molecular weight excluding hydrogens is 214 g/mol. The first-order valence-electron chi connectivity index (χ1n) is 6.91. The number of ether oxygens (including phenoxy) is 1. The van der Waals surface area contributed by atoms with Crippen LogP contribution in [0, 0.1) is 5.92 Å². The molecule has 0 saturated heterocycles. The van der Waals surface area contributed by atoms with Crippen molar-refractivity contribution in [3.63, 3.8) is 0 Å². The zero-order valence-electron chi connectivity index (χ0n) is 11.9. The quantitative estimate of drug-likeness (QED) is 0.777. The molecule has 0 aromatic carbocycles. The molecule has 1 N–H and O–H groups in total. The maximum atomic E-state index is 9.70. The molecule has 0 amide bonds. The smallest absolute Gasteiger partial charge is 0.0718 e. The predicted octanol–water partition coefficient (Wildman–Crippen LogP) is 2.28. The van der Waals surface area contributed by atoms with E-state index in [1.807, 2.05) is 20.9 Å². The van der Waals surface area contributed by atoms with Crippen LogP contribution in [0.3, 0.4) is 0 Å². The van der Waals surface area contributed by atoms with Gasteiger partial charge in [-0.25, -0.2) is 0 Å². The highest BCUT2D eigenvalue weighted by Crippen LogP contribution is 2.26. The summed E-state index contributed by atoms with van der Waals surface area (Å²) in [4.78, 5) is 2.13. The molecule has 0 aliphatic heterocycles. The van der Waals surface area contributed by atoms with Crippen molar-refractivity contribution in [2.45, 2.75) is 58.2 Å². The Morgan fingerprint density at radius 1 is 1.29 bits per heavy atom. The lowest BCUT2D eigenvalue weighted by Gasteiger charge is -2.30. The Balaban J connectivity index is 2.14. The molecule has 0 bridgehead atoms. The molecule has 0 heterocycles. The van der Waals surface area contributed by atoms with E-state index in [4.69, 9.17) is 4.74 Å². The fourth-order valence-electron chi connectivity index (χ4n) is 2.63. The Bertz CT molecular complexity index is 213. The molecule has 1 saturated carbocycles. The molecule has 1 aliphatic carbocycles. The normalized spacial score (nSPS) is 26.5. The van der Waals surface area contributed by atoms with Crippen LogP contribution in [0.2, 0.25) is 0 Å². The van der Waals surface area contributed by atoms with Crippen LogP contribution in [0.15, 0.2) is 0 Å². The van der Waals surface area contributed by atoms with E-state index in [1.54, 1.807) is 0 Å². The van der Waals surface area contributed by atoms with Crippen LogP contribution < -0.4 is 0 Å². The Hall–Kier alpha value is -0.120. The number of aliphatic hydroxyl groups is 1. The number of nitrogens with zero attached hydrogens (tertiary/aromatic N) is 1. The summed E-state index contributed by atoms with van der Waals surface area (Å²) < 4.78 is 5.96. The van der Waals surface area contributed by atoms with E-state index in [2.05, 4.69) is 11.8 Å². The first-order valence-corrected chi connectivity index (χ1v) is 6.91. The summed E-state index contributed by atoms with van der Waals surface area (Å²) in [6, 6.07) is 0. The van der Waals surface area contributed by atoms with Gasteiger partial charge in [-0.2, -0.15) is 0 Å². The van der Waals surface area contributed by atoms with Crippen molar-refractivity contribution in [2.24, 2.45) is 5.92 Å². The van der Waals surface area contributed by atoms with Crippen molar-refractivity contribution < 1.29 is 9.84 Å². The SMILES string of the molecule is CC1CCCCC1OCCN(C)CC(C)(C)O. The van der Waals surface area contributed by atoms with Gasteiger partial charge in [0, 0.05) is 13.1 Å². The van der Waals surface area contributed by atoms with Gasteiger partial charge in [-0.15, -0.1) is 0 Å². The molecule has 3 nitrogen and oxygen atoms in total. The second kappa shape index (κ2) is 6.72. The molecule has 2 unspecified atom stereocenters. The summed E-state index contributed by atoms with van der Waals surface area (Å²) in [5.74, 6) is 0.711. The fraction of sp³-hybridized carbons (Fsp3) is 1.00. The Kier molecular flexibility index (Phi) is 5.90. The summed E-state index contributed by atoms with van der Waals surface area (Å²) in [5.41, 5.74) is -0.618. The van der Waals surface area contributed by atoms with Crippen molar-refractivity contribution in [1.82, 2.24) is 4.90 Å². The Labute approximate surface area is 106 Å². The van der Waals surface area contributed by atoms with Crippen molar-refractivity contribution >= 4 is 0 Å². The number of hydrogen-bond donors (Lipinski definition) is 1. The van der Waals surface area contributed by atoms with Gasteiger partial charge in [0.25, 0.3) is 0 Å². The van der Waals surface area contributed by atoms with E-state index in [9.17, 15) is 5.11 Å². The third kappa shape index (κ3) is 6.39. The van der Waals surface area contributed by atoms with Crippen LogP contribution >= 0.6 is 0 Å². The van der Waals surface area contributed by atoms with Gasteiger partial charge in [0.1, 0.15) is 0 Å². The van der Waals surface area contributed by atoms with Crippen molar-refractivity contribution in [2.75, 3.05) is 26.7 Å². The van der Waals surface area contributed by atoms with Crippen LogP contribution in [-0.2, 0) is 4.74 Å². The maximum Gasteiger partial charge on any atom is 0.0718 e. The first-order chi connectivity index (χ1) is 7.88. The summed E-state index contributed by atoms with van der Waals surface area (Å²) in [7, 11) is 2.03. The topological polar surface area (TPSA) is 32.7 Å². The zero-order valence-corrected chi connectivity index (χ0v) is 11.9. The number of rotatable bonds is 6. The van der Waals surface area contributed by atoms with Gasteiger partial charge in [-0.05, 0) is 39.7 Å². The highest BCUT2D eigenvalue weighted by Gasteiger charge is 2.22. The van der Waals surface area contributed by atoms with Crippen LogP contribution in [0.1, 0.15) is 46.5 Å². The van der Waals surface area contributed by atoms with E-state index >= 15 is 0 Å². The minimum absolute atomic E-state index is 0.458. The minimum Gasteiger partial charge on any atom is -0.389 e. The molecule has 1 rings (SSSR count). The van der Waals surface area contributed by atoms with Gasteiger partial charge >= 0.3 is 0 Å². The molecule has 0 spiro atoms. The largest absolute Gasteiger partial charge is 0.389 e. The molecule has 0 radical (unpaired) electrons. The molecule has 1 aliphatic rings. The third-order valence-corrected chi connectivity index (χ3v) is 3.49. The molecule has 0 aromatic rings. The second-order valence-electron chi connectivity index (χ2n) is 6.22. The fourth-order valence-corrected chi connectivity index (χ4v) is 2.63. The van der Waals surface area contributed by atoms with Crippen molar-refractivity contribution in [3.05, 3.63) is 0 Å². The van der Waals surface area contributed by atoms with Gasteiger partial charge in [0.15, 0.2) is 0 Å². The highest BCUT2D eigenvalue weighted by atomic mass is 16.5. The van der Waals surface area contributed by atoms with E-state index in [1.165, 1.54) is 25.7 Å². The molecular formula is C14H29NO2.